The Bertz CT molecular complexity index is 1430. The summed E-state index contributed by atoms with van der Waals surface area (Å²) >= 11 is 6.21. The van der Waals surface area contributed by atoms with Gasteiger partial charge in [-0.1, -0.05) is 17.7 Å². The lowest BCUT2D eigenvalue weighted by Crippen LogP contribution is -2.32. The highest BCUT2D eigenvalue weighted by Crippen LogP contribution is 2.30. The number of methoxy groups -OCH3 is 1. The van der Waals surface area contributed by atoms with Gasteiger partial charge >= 0.3 is 5.97 Å². The van der Waals surface area contributed by atoms with Crippen molar-refractivity contribution in [3.8, 4) is 5.75 Å². The van der Waals surface area contributed by atoms with Gasteiger partial charge < -0.3 is 20.1 Å². The summed E-state index contributed by atoms with van der Waals surface area (Å²) in [7, 11) is 1.54. The molecule has 0 spiro atoms. The topological polar surface area (TPSA) is 114 Å². The van der Waals surface area contributed by atoms with Crippen LogP contribution in [0.5, 0.6) is 5.75 Å². The number of esters is 1. The molecule has 194 valence electrons. The Labute approximate surface area is 224 Å². The summed E-state index contributed by atoms with van der Waals surface area (Å²) in [5, 5.41) is 5.37. The molecule has 0 unspecified atom stereocenters. The van der Waals surface area contributed by atoms with Gasteiger partial charge in [0.25, 0.3) is 17.7 Å². The Hall–Kier alpha value is -4.63. The van der Waals surface area contributed by atoms with Crippen molar-refractivity contribution in [3.63, 3.8) is 0 Å². The van der Waals surface area contributed by atoms with Crippen molar-refractivity contribution in [2.24, 2.45) is 0 Å². The smallest absolute Gasteiger partial charge is 0.338 e. The fourth-order valence-electron chi connectivity index (χ4n) is 3.63. The van der Waals surface area contributed by atoms with E-state index in [4.69, 9.17) is 21.1 Å². The Morgan fingerprint density at radius 3 is 2.16 bits per heavy atom. The number of nitrogens with one attached hydrogen (secondary N) is 2. The van der Waals surface area contributed by atoms with Gasteiger partial charge in [-0.2, -0.15) is 0 Å². The lowest BCUT2D eigenvalue weighted by molar-refractivity contribution is -0.120. The maximum absolute atomic E-state index is 13.1. The molecule has 1 heterocycles. The molecule has 0 saturated carbocycles. The van der Waals surface area contributed by atoms with Crippen molar-refractivity contribution in [1.82, 2.24) is 0 Å². The van der Waals surface area contributed by atoms with Gasteiger partial charge in [0.1, 0.15) is 16.5 Å². The first-order valence-electron chi connectivity index (χ1n) is 11.6. The van der Waals surface area contributed by atoms with Crippen LogP contribution in [-0.4, -0.2) is 36.9 Å². The Morgan fingerprint density at radius 2 is 1.53 bits per heavy atom. The Morgan fingerprint density at radius 1 is 0.868 bits per heavy atom. The minimum Gasteiger partial charge on any atom is -0.497 e. The summed E-state index contributed by atoms with van der Waals surface area (Å²) in [5.41, 5.74) is 1.84. The molecule has 2 N–H and O–H groups in total. The minimum atomic E-state index is -0.703. The Kier molecular flexibility index (Phi) is 7.78. The molecule has 0 radical (unpaired) electrons. The molecule has 0 atom stereocenters. The number of rotatable bonds is 8. The molecule has 0 aliphatic carbocycles. The standard InChI is InChI=1S/C28H24ClN3O6/c1-16(2)38-28(36)18-9-13-21(14-10-18)32-26(34)23(29)24(27(32)35)30-19-11-7-17(8-12-19)25(33)31-20-5-4-6-22(15-20)37-3/h4-16,30H,1-3H3,(H,31,33). The van der Waals surface area contributed by atoms with Crippen molar-refractivity contribution < 1.29 is 28.7 Å². The van der Waals surface area contributed by atoms with Crippen molar-refractivity contribution >= 4 is 52.4 Å². The van der Waals surface area contributed by atoms with E-state index in [1.165, 1.54) is 24.3 Å². The summed E-state index contributed by atoms with van der Waals surface area (Å²) in [6.07, 6.45) is -0.281. The lowest BCUT2D eigenvalue weighted by atomic mass is 10.1. The van der Waals surface area contributed by atoms with Gasteiger partial charge in [0.15, 0.2) is 0 Å². The largest absolute Gasteiger partial charge is 0.497 e. The lowest BCUT2D eigenvalue weighted by Gasteiger charge is -2.16. The normalized spacial score (nSPS) is 13.1. The highest BCUT2D eigenvalue weighted by atomic mass is 35.5. The second-order valence-electron chi connectivity index (χ2n) is 8.52. The summed E-state index contributed by atoms with van der Waals surface area (Å²) in [6.45, 7) is 3.47. The SMILES string of the molecule is COc1cccc(NC(=O)c2ccc(NC3=C(Cl)C(=O)N(c4ccc(C(=O)OC(C)C)cc4)C3=O)cc2)c1. The van der Waals surface area contributed by atoms with E-state index in [-0.39, 0.29) is 34.0 Å². The average Bonchev–Trinajstić information content (AvgIpc) is 3.11. The van der Waals surface area contributed by atoms with Gasteiger partial charge in [-0.05, 0) is 74.5 Å². The summed E-state index contributed by atoms with van der Waals surface area (Å²) in [5.74, 6) is -1.59. The van der Waals surface area contributed by atoms with Gasteiger partial charge in [-0.15, -0.1) is 0 Å². The number of benzene rings is 3. The molecule has 1 aliphatic rings. The van der Waals surface area contributed by atoms with E-state index >= 15 is 0 Å². The maximum atomic E-state index is 13.1. The third-order valence-electron chi connectivity index (χ3n) is 5.48. The number of imide groups is 1. The average molecular weight is 534 g/mol. The number of hydrogen-bond acceptors (Lipinski definition) is 7. The monoisotopic (exact) mass is 533 g/mol. The molecule has 9 nitrogen and oxygen atoms in total. The van der Waals surface area contributed by atoms with Crippen molar-refractivity contribution in [1.29, 1.82) is 0 Å². The van der Waals surface area contributed by atoms with Crippen LogP contribution in [0.25, 0.3) is 0 Å². The third-order valence-corrected chi connectivity index (χ3v) is 5.83. The van der Waals surface area contributed by atoms with Gasteiger partial charge in [-0.3, -0.25) is 14.4 Å². The van der Waals surface area contributed by atoms with E-state index < -0.39 is 17.8 Å². The highest BCUT2D eigenvalue weighted by molar-refractivity contribution is 6.53. The second-order valence-corrected chi connectivity index (χ2v) is 8.90. The molecule has 3 aromatic rings. The number of hydrogen-bond donors (Lipinski definition) is 2. The van der Waals surface area contributed by atoms with E-state index in [1.807, 2.05) is 0 Å². The van der Waals surface area contributed by atoms with Crippen LogP contribution in [0.3, 0.4) is 0 Å². The first-order valence-corrected chi connectivity index (χ1v) is 12.0. The fourth-order valence-corrected chi connectivity index (χ4v) is 3.84. The van der Waals surface area contributed by atoms with Gasteiger partial charge in [0.05, 0.1) is 24.5 Å². The van der Waals surface area contributed by atoms with E-state index in [2.05, 4.69) is 10.6 Å². The van der Waals surface area contributed by atoms with Crippen LogP contribution in [0.2, 0.25) is 0 Å². The molecular formula is C28H24ClN3O6. The number of carbonyl (C=O) groups excluding carboxylic acids is 4. The minimum absolute atomic E-state index is 0.103. The fraction of sp³-hybridized carbons (Fsp3) is 0.143. The summed E-state index contributed by atoms with van der Waals surface area (Å²) < 4.78 is 10.3. The van der Waals surface area contributed by atoms with Crippen LogP contribution in [-0.2, 0) is 14.3 Å². The summed E-state index contributed by atoms with van der Waals surface area (Å²) in [4.78, 5) is 51.4. The highest BCUT2D eigenvalue weighted by Gasteiger charge is 2.39. The quantitative estimate of drug-likeness (QED) is 0.311. The molecule has 3 amide bonds. The maximum Gasteiger partial charge on any atom is 0.338 e. The number of halogens is 1. The molecule has 0 saturated heterocycles. The first-order chi connectivity index (χ1) is 18.2. The van der Waals surface area contributed by atoms with Gasteiger partial charge in [0, 0.05) is 23.0 Å². The molecule has 4 rings (SSSR count). The van der Waals surface area contributed by atoms with Crippen LogP contribution >= 0.6 is 11.6 Å². The van der Waals surface area contributed by atoms with Crippen LogP contribution in [0.1, 0.15) is 34.6 Å². The van der Waals surface area contributed by atoms with Gasteiger partial charge in [-0.25, -0.2) is 9.69 Å². The van der Waals surface area contributed by atoms with Crippen LogP contribution < -0.4 is 20.3 Å². The van der Waals surface area contributed by atoms with Gasteiger partial charge in [0.2, 0.25) is 0 Å². The molecule has 0 fully saturated rings. The predicted molar refractivity (Wildman–Crippen MR) is 143 cm³/mol. The van der Waals surface area contributed by atoms with Crippen LogP contribution in [0.4, 0.5) is 17.1 Å². The zero-order valence-electron chi connectivity index (χ0n) is 20.8. The first kappa shape index (κ1) is 26.4. The number of anilines is 3. The van der Waals surface area contributed by atoms with E-state index in [0.717, 1.165) is 4.90 Å². The predicted octanol–water partition coefficient (Wildman–Crippen LogP) is 4.95. The molecule has 10 heteroatoms. The number of carbonyl (C=O) groups is 4. The molecule has 3 aromatic carbocycles. The molecule has 38 heavy (non-hydrogen) atoms. The van der Waals surface area contributed by atoms with E-state index in [9.17, 15) is 19.2 Å². The zero-order chi connectivity index (χ0) is 27.4. The molecule has 1 aliphatic heterocycles. The Balaban J connectivity index is 1.44. The van der Waals surface area contributed by atoms with E-state index in [0.29, 0.717) is 22.7 Å². The third kappa shape index (κ3) is 5.68. The molecular weight excluding hydrogens is 510 g/mol. The zero-order valence-corrected chi connectivity index (χ0v) is 21.5. The second kappa shape index (κ2) is 11.2. The number of ether oxygens (including phenoxy) is 2. The summed E-state index contributed by atoms with van der Waals surface area (Å²) in [6, 6.07) is 19.2. The number of amides is 3. The molecule has 0 aromatic heterocycles. The van der Waals surface area contributed by atoms with E-state index in [1.54, 1.807) is 69.5 Å². The van der Waals surface area contributed by atoms with Crippen molar-refractivity contribution in [3.05, 3.63) is 94.7 Å². The van der Waals surface area contributed by atoms with Crippen molar-refractivity contribution in [2.45, 2.75) is 20.0 Å². The van der Waals surface area contributed by atoms with Crippen LogP contribution in [0, 0.1) is 0 Å². The van der Waals surface area contributed by atoms with Crippen molar-refractivity contribution in [2.75, 3.05) is 22.6 Å². The number of nitrogens with zero attached hydrogens (tertiary/aromatic N) is 1. The molecule has 0 bridgehead atoms. The van der Waals surface area contributed by atoms with Crippen LogP contribution in [0.15, 0.2) is 83.5 Å².